The molecule has 0 radical (unpaired) electrons. The molecule has 0 aliphatic heterocycles. The Morgan fingerprint density at radius 1 is 1.83 bits per heavy atom. The summed E-state index contributed by atoms with van der Waals surface area (Å²) in [5, 5.41) is 2.90. The van der Waals surface area contributed by atoms with Crippen molar-refractivity contribution in [1.82, 2.24) is 5.32 Å². The van der Waals surface area contributed by atoms with E-state index < -0.39 is 0 Å². The molecule has 0 bridgehead atoms. The van der Waals surface area contributed by atoms with Crippen molar-refractivity contribution >= 4 is 0 Å². The predicted molar refractivity (Wildman–Crippen MR) is 24.1 cm³/mol. The number of rotatable bonds is 2. The van der Waals surface area contributed by atoms with Gasteiger partial charge in [0.05, 0.1) is 0 Å². The van der Waals surface area contributed by atoms with E-state index in [1.54, 1.807) is 0 Å². The van der Waals surface area contributed by atoms with Crippen LogP contribution < -0.4 is 5.32 Å². The third-order valence-corrected chi connectivity index (χ3v) is 0.348. The zero-order chi connectivity index (χ0) is 4.12. The Labute approximate surface area is 38.8 Å². The summed E-state index contributed by atoms with van der Waals surface area (Å²) in [4.78, 5) is 0. The molecule has 0 aliphatic rings. The summed E-state index contributed by atoms with van der Waals surface area (Å²) in [5.41, 5.74) is 0. The van der Waals surface area contributed by atoms with Gasteiger partial charge in [-0.05, 0) is 7.05 Å². The Balaban J connectivity index is 0. The molecular weight excluding hydrogens is 82.2 g/mol. The minimum Gasteiger partial charge on any atom is -0.316 e. The van der Waals surface area contributed by atoms with Crippen LogP contribution >= 0.6 is 0 Å². The molecule has 0 aromatic rings. The topological polar surface area (TPSA) is 12.0 Å². The van der Waals surface area contributed by atoms with E-state index in [2.05, 4.69) is 11.9 Å². The fourth-order valence-corrected chi connectivity index (χ4v) is 0.144. The molecule has 1 N–H and O–H groups in total. The van der Waals surface area contributed by atoms with Crippen molar-refractivity contribution in [2.75, 3.05) is 13.6 Å². The Bertz CT molecular complexity index is 28.7. The maximum atomic E-state index is 3.49. The first-order valence-corrected chi connectivity index (χ1v) is 1.67. The van der Waals surface area contributed by atoms with Gasteiger partial charge in [-0.3, -0.25) is 0 Å². The van der Waals surface area contributed by atoms with Gasteiger partial charge in [-0.1, -0.05) is 6.08 Å². The predicted octanol–water partition coefficient (Wildman–Crippen LogP) is 0.392. The number of likely N-dealkylation sites (N-methyl/N-ethyl adjacent to an activating group) is 1. The summed E-state index contributed by atoms with van der Waals surface area (Å²) >= 11 is 0. The van der Waals surface area contributed by atoms with Crippen LogP contribution in [-0.2, 0) is 0 Å². The largest absolute Gasteiger partial charge is 0.316 e. The van der Waals surface area contributed by atoms with E-state index in [4.69, 9.17) is 0 Å². The summed E-state index contributed by atoms with van der Waals surface area (Å²) < 4.78 is 0. The van der Waals surface area contributed by atoms with Gasteiger partial charge in [0.1, 0.15) is 0 Å². The van der Waals surface area contributed by atoms with Gasteiger partial charge in [0.15, 0.2) is 0 Å². The second kappa shape index (κ2) is 8.82. The van der Waals surface area contributed by atoms with Crippen molar-refractivity contribution < 1.29 is 6.15 Å². The number of hydrogen-bond acceptors (Lipinski definition) is 1. The maximum Gasteiger partial charge on any atom is 0.0129 e. The van der Waals surface area contributed by atoms with Gasteiger partial charge in [-0.15, -0.1) is 6.58 Å². The molecule has 0 aromatic heterocycles. The van der Waals surface area contributed by atoms with Crippen LogP contribution in [-0.4, -0.2) is 13.6 Å². The van der Waals surface area contributed by atoms with Crippen LogP contribution in [0.3, 0.4) is 0 Å². The molecule has 0 rings (SSSR count). The molecule has 0 amide bonds. The molecule has 0 saturated heterocycles. The van der Waals surface area contributed by atoms with Gasteiger partial charge >= 0.3 is 0 Å². The Kier molecular flexibility index (Phi) is 13.4. The van der Waals surface area contributed by atoms with Crippen LogP contribution in [0, 0.1) is 6.15 Å². The van der Waals surface area contributed by atoms with Crippen LogP contribution in [0.1, 0.15) is 0 Å². The summed E-state index contributed by atoms with van der Waals surface area (Å²) in [5.74, 6) is 0. The van der Waals surface area contributed by atoms with Gasteiger partial charge in [-0.25, -0.2) is 0 Å². The second-order valence-corrected chi connectivity index (χ2v) is 0.846. The molecule has 0 aliphatic carbocycles. The molecule has 6 heavy (non-hydrogen) atoms. The van der Waals surface area contributed by atoms with Gasteiger partial charge in [0.25, 0.3) is 0 Å². The van der Waals surface area contributed by atoms with Crippen LogP contribution in [0.2, 0.25) is 0 Å². The Morgan fingerprint density at radius 3 is 2.33 bits per heavy atom. The summed E-state index contributed by atoms with van der Waals surface area (Å²) in [6.45, 7) is 4.39. The second-order valence-electron chi connectivity index (χ2n) is 0.846. The van der Waals surface area contributed by atoms with E-state index in [0.717, 1.165) is 6.54 Å². The van der Waals surface area contributed by atoms with Crippen molar-refractivity contribution in [2.45, 2.75) is 0 Å². The van der Waals surface area contributed by atoms with Crippen molar-refractivity contribution in [3.05, 3.63) is 12.7 Å². The monoisotopic (exact) mass is 91.1 g/mol. The van der Waals surface area contributed by atoms with Gasteiger partial charge < -0.3 is 5.32 Å². The van der Waals surface area contributed by atoms with Gasteiger partial charge in [0, 0.05) is 12.7 Å². The van der Waals surface area contributed by atoms with Crippen LogP contribution in [0.4, 0.5) is 0 Å². The van der Waals surface area contributed by atoms with Gasteiger partial charge in [-0.2, -0.15) is 0 Å². The first kappa shape index (κ1) is 9.15. The molecule has 0 spiro atoms. The molecule has 2 heteroatoms. The molecule has 0 saturated carbocycles. The number of hydrogen-bond donors (Lipinski definition) is 1. The molecule has 0 aromatic carbocycles. The average Bonchev–Trinajstić information content (AvgIpc) is 1.41. The summed E-state index contributed by atoms with van der Waals surface area (Å²) in [6, 6.07) is 0. The average molecular weight is 91.3 g/mol. The standard InChI is InChI=1S/C4H9N.Ne/c1-3-4-5-2;/h3,5H,1,4H2,2H3;. The molecule has 0 unspecified atom stereocenters. The van der Waals surface area contributed by atoms with E-state index in [1.165, 1.54) is 0 Å². The molecule has 0 atom stereocenters. The van der Waals surface area contributed by atoms with E-state index in [1.807, 2.05) is 13.1 Å². The minimum atomic E-state index is 0. The third-order valence-electron chi connectivity index (χ3n) is 0.348. The van der Waals surface area contributed by atoms with Crippen LogP contribution in [0.15, 0.2) is 12.7 Å². The first-order valence-electron chi connectivity index (χ1n) is 1.67. The molecule has 0 fully saturated rings. The zero-order valence-corrected chi connectivity index (χ0v) is 3.85. The molecule has 1 nitrogen and oxygen atoms in total. The summed E-state index contributed by atoms with van der Waals surface area (Å²) in [7, 11) is 1.89. The van der Waals surface area contributed by atoms with Crippen molar-refractivity contribution in [3.63, 3.8) is 0 Å². The molecule has 0 heterocycles. The maximum absolute atomic E-state index is 3.49. The molecular formula is C4H9NNe. The Hall–Kier alpha value is -0.391. The quantitative estimate of drug-likeness (QED) is 0.485. The van der Waals surface area contributed by atoms with Crippen molar-refractivity contribution in [2.24, 2.45) is 0 Å². The number of nitrogens with one attached hydrogen (secondary N) is 1. The SMILES string of the molecule is C=CCNC.[Ne]. The smallest absolute Gasteiger partial charge is 0.0129 e. The van der Waals surface area contributed by atoms with Gasteiger partial charge in [0.2, 0.25) is 0 Å². The molecule has 38 valence electrons. The van der Waals surface area contributed by atoms with E-state index in [-0.39, 0.29) is 6.15 Å². The minimum absolute atomic E-state index is 0. The fourth-order valence-electron chi connectivity index (χ4n) is 0.144. The van der Waals surface area contributed by atoms with Crippen molar-refractivity contribution in [3.8, 4) is 0 Å². The zero-order valence-electron chi connectivity index (χ0n) is 3.85. The van der Waals surface area contributed by atoms with E-state index in [9.17, 15) is 0 Å². The van der Waals surface area contributed by atoms with Crippen LogP contribution in [0.5, 0.6) is 0 Å². The first-order chi connectivity index (χ1) is 2.41. The summed E-state index contributed by atoms with van der Waals surface area (Å²) in [6.07, 6.45) is 1.82. The normalized spacial score (nSPS) is 6.17. The van der Waals surface area contributed by atoms with E-state index >= 15 is 0 Å². The van der Waals surface area contributed by atoms with Crippen molar-refractivity contribution in [1.29, 1.82) is 0 Å². The van der Waals surface area contributed by atoms with E-state index in [0.29, 0.717) is 0 Å². The Morgan fingerprint density at radius 2 is 2.33 bits per heavy atom. The van der Waals surface area contributed by atoms with Crippen LogP contribution in [0.25, 0.3) is 0 Å². The third kappa shape index (κ3) is 9.49. The fraction of sp³-hybridized carbons (Fsp3) is 0.500.